The van der Waals surface area contributed by atoms with Crippen LogP contribution in [-0.2, 0) is 11.5 Å². The Hall–Kier alpha value is -0.913. The molecule has 0 aliphatic heterocycles. The Morgan fingerprint density at radius 2 is 2.17 bits per heavy atom. The fourth-order valence-corrected chi connectivity index (χ4v) is 2.55. The van der Waals surface area contributed by atoms with Gasteiger partial charge in [-0.15, -0.1) is 0 Å². The molecular weight excluding hydrogens is 266 g/mol. The van der Waals surface area contributed by atoms with Crippen LogP contribution in [-0.4, -0.2) is 29.4 Å². The van der Waals surface area contributed by atoms with Crippen molar-refractivity contribution in [2.45, 2.75) is 32.4 Å². The number of hydrogen-bond donors (Lipinski definition) is 0. The zero-order valence-electron chi connectivity index (χ0n) is 11.0. The van der Waals surface area contributed by atoms with Crippen molar-refractivity contribution in [2.75, 3.05) is 6.61 Å². The van der Waals surface area contributed by atoms with E-state index in [2.05, 4.69) is 29.7 Å². The Morgan fingerprint density at radius 3 is 2.83 bits per heavy atom. The van der Waals surface area contributed by atoms with Crippen molar-refractivity contribution in [3.8, 4) is 0 Å². The van der Waals surface area contributed by atoms with Crippen LogP contribution in [0.3, 0.4) is 0 Å². The summed E-state index contributed by atoms with van der Waals surface area (Å²) in [5.41, 5.74) is 0.851. The molecule has 0 aliphatic carbocycles. The van der Waals surface area contributed by atoms with E-state index < -0.39 is 8.07 Å². The number of pyridine rings is 1. The van der Waals surface area contributed by atoms with Gasteiger partial charge in [0.15, 0.2) is 0 Å². The average Bonchev–Trinajstić information content (AvgIpc) is 2.62. The fraction of sp³-hybridized carbons (Fsp3) is 0.500. The van der Waals surface area contributed by atoms with Gasteiger partial charge in [0.25, 0.3) is 0 Å². The number of aromatic nitrogens is 3. The van der Waals surface area contributed by atoms with Crippen LogP contribution < -0.4 is 0 Å². The summed E-state index contributed by atoms with van der Waals surface area (Å²) >= 11 is 6.22. The maximum atomic E-state index is 6.22. The summed E-state index contributed by atoms with van der Waals surface area (Å²) in [6.07, 6.45) is 3.44. The summed E-state index contributed by atoms with van der Waals surface area (Å²) in [4.78, 5) is 4.04. The molecule has 18 heavy (non-hydrogen) atoms. The molecule has 0 fully saturated rings. The molecule has 0 saturated heterocycles. The third-order valence-corrected chi connectivity index (χ3v) is 4.79. The van der Waals surface area contributed by atoms with Gasteiger partial charge < -0.3 is 4.74 Å². The van der Waals surface area contributed by atoms with Crippen molar-refractivity contribution in [3.05, 3.63) is 23.6 Å². The van der Waals surface area contributed by atoms with Crippen LogP contribution in [0.2, 0.25) is 30.8 Å². The largest absolute Gasteiger partial charge is 0.359 e. The second-order valence-electron chi connectivity index (χ2n) is 5.53. The van der Waals surface area contributed by atoms with E-state index in [0.29, 0.717) is 11.9 Å². The molecule has 4 nitrogen and oxygen atoms in total. The molecule has 2 aromatic rings. The first-order valence-electron chi connectivity index (χ1n) is 6.01. The predicted octanol–water partition coefficient (Wildman–Crippen LogP) is 3.40. The van der Waals surface area contributed by atoms with Gasteiger partial charge in [0, 0.05) is 27.1 Å². The number of halogens is 1. The van der Waals surface area contributed by atoms with Crippen LogP contribution in [0.4, 0.5) is 0 Å². The van der Waals surface area contributed by atoms with Crippen molar-refractivity contribution < 1.29 is 4.74 Å². The van der Waals surface area contributed by atoms with Gasteiger partial charge in [-0.3, -0.25) is 4.98 Å². The number of hydrogen-bond acceptors (Lipinski definition) is 3. The van der Waals surface area contributed by atoms with Gasteiger partial charge in [0.1, 0.15) is 11.9 Å². The zero-order chi connectivity index (χ0) is 13.2. The first-order chi connectivity index (χ1) is 8.47. The van der Waals surface area contributed by atoms with Gasteiger partial charge in [0.2, 0.25) is 0 Å². The Morgan fingerprint density at radius 1 is 1.39 bits per heavy atom. The Labute approximate surface area is 113 Å². The van der Waals surface area contributed by atoms with Crippen molar-refractivity contribution in [3.63, 3.8) is 0 Å². The maximum Gasteiger partial charge on any atom is 0.141 e. The Bertz CT molecular complexity index is 536. The van der Waals surface area contributed by atoms with Crippen molar-refractivity contribution >= 4 is 30.6 Å². The molecular formula is C12H18ClN3OSi. The first kappa shape index (κ1) is 13.5. The van der Waals surface area contributed by atoms with E-state index in [1.54, 1.807) is 17.1 Å². The zero-order valence-corrected chi connectivity index (χ0v) is 12.7. The average molecular weight is 284 g/mol. The number of nitrogens with zero attached hydrogens (tertiary/aromatic N) is 3. The molecule has 0 N–H and O–H groups in total. The normalized spacial score (nSPS) is 12.2. The van der Waals surface area contributed by atoms with E-state index in [-0.39, 0.29) is 0 Å². The lowest BCUT2D eigenvalue weighted by Gasteiger charge is -2.15. The van der Waals surface area contributed by atoms with Crippen LogP contribution in [0, 0.1) is 0 Å². The second kappa shape index (κ2) is 5.38. The van der Waals surface area contributed by atoms with Crippen LogP contribution >= 0.6 is 11.6 Å². The topological polar surface area (TPSA) is 39.9 Å². The third kappa shape index (κ3) is 3.31. The molecule has 0 spiro atoms. The number of ether oxygens (including phenoxy) is 1. The first-order valence-corrected chi connectivity index (χ1v) is 10.1. The van der Waals surface area contributed by atoms with Gasteiger partial charge in [-0.05, 0) is 12.1 Å². The van der Waals surface area contributed by atoms with Crippen LogP contribution in [0.25, 0.3) is 10.9 Å². The molecule has 0 aromatic carbocycles. The van der Waals surface area contributed by atoms with Gasteiger partial charge in [0.05, 0.1) is 10.9 Å². The molecule has 0 bridgehead atoms. The summed E-state index contributed by atoms with van der Waals surface area (Å²) in [5, 5.41) is 5.83. The van der Waals surface area contributed by atoms with Crippen LogP contribution in [0.5, 0.6) is 0 Å². The lowest BCUT2D eigenvalue weighted by molar-refractivity contribution is 0.0793. The summed E-state index contributed by atoms with van der Waals surface area (Å²) in [6, 6.07) is 2.99. The lowest BCUT2D eigenvalue weighted by atomic mass is 10.3. The fourth-order valence-electron chi connectivity index (χ4n) is 1.56. The minimum Gasteiger partial charge on any atom is -0.359 e. The number of rotatable bonds is 5. The molecule has 2 aromatic heterocycles. The van der Waals surface area contributed by atoms with E-state index in [9.17, 15) is 0 Å². The molecule has 0 aliphatic rings. The molecule has 0 radical (unpaired) electrons. The summed E-state index contributed by atoms with van der Waals surface area (Å²) in [7, 11) is -1.04. The maximum absolute atomic E-state index is 6.22. The van der Waals surface area contributed by atoms with E-state index in [1.165, 1.54) is 0 Å². The molecule has 0 atom stereocenters. The highest BCUT2D eigenvalue weighted by Gasteiger charge is 2.13. The minimum atomic E-state index is -1.04. The Balaban J connectivity index is 1.98. The predicted molar refractivity (Wildman–Crippen MR) is 76.6 cm³/mol. The third-order valence-electron chi connectivity index (χ3n) is 2.69. The Kier molecular flexibility index (Phi) is 4.04. The molecule has 0 unspecified atom stereocenters. The van der Waals surface area contributed by atoms with Gasteiger partial charge in [-0.2, -0.15) is 5.10 Å². The van der Waals surface area contributed by atoms with E-state index in [4.69, 9.17) is 16.3 Å². The van der Waals surface area contributed by atoms with Crippen molar-refractivity contribution in [2.24, 2.45) is 0 Å². The van der Waals surface area contributed by atoms with Crippen molar-refractivity contribution in [1.29, 1.82) is 0 Å². The number of fused-ring (bicyclic) bond motifs is 1. The second-order valence-corrected chi connectivity index (χ2v) is 11.5. The standard InChI is InChI=1S/C12H18ClN3OSi/c1-18(2,3)7-6-17-9-16-12(13)10-8-14-5-4-11(10)15-16/h4-5,8H,6-7,9H2,1-3H3. The smallest absolute Gasteiger partial charge is 0.141 e. The summed E-state index contributed by atoms with van der Waals surface area (Å²) in [6.45, 7) is 8.16. The molecule has 0 amide bonds. The molecule has 0 saturated carbocycles. The monoisotopic (exact) mass is 283 g/mol. The van der Waals surface area contributed by atoms with Gasteiger partial charge in [-0.1, -0.05) is 31.2 Å². The van der Waals surface area contributed by atoms with Crippen LogP contribution in [0.15, 0.2) is 18.5 Å². The molecule has 6 heteroatoms. The lowest BCUT2D eigenvalue weighted by Crippen LogP contribution is -2.22. The highest BCUT2D eigenvalue weighted by molar-refractivity contribution is 6.76. The highest BCUT2D eigenvalue weighted by Crippen LogP contribution is 2.21. The van der Waals surface area contributed by atoms with Gasteiger partial charge >= 0.3 is 0 Å². The molecule has 2 rings (SSSR count). The minimum absolute atomic E-state index is 0.401. The summed E-state index contributed by atoms with van der Waals surface area (Å²) < 4.78 is 7.32. The van der Waals surface area contributed by atoms with Gasteiger partial charge in [-0.25, -0.2) is 4.68 Å². The highest BCUT2D eigenvalue weighted by atomic mass is 35.5. The van der Waals surface area contributed by atoms with E-state index in [0.717, 1.165) is 23.6 Å². The molecule has 98 valence electrons. The SMILES string of the molecule is C[Si](C)(C)CCOCn1nc2ccncc2c1Cl. The van der Waals surface area contributed by atoms with E-state index in [1.807, 2.05) is 6.07 Å². The van der Waals surface area contributed by atoms with Crippen LogP contribution in [0.1, 0.15) is 0 Å². The van der Waals surface area contributed by atoms with Crippen molar-refractivity contribution in [1.82, 2.24) is 14.8 Å². The summed E-state index contributed by atoms with van der Waals surface area (Å²) in [5.74, 6) is 0. The molecule has 2 heterocycles. The van der Waals surface area contributed by atoms with E-state index >= 15 is 0 Å². The quantitative estimate of drug-likeness (QED) is 0.624.